The summed E-state index contributed by atoms with van der Waals surface area (Å²) in [6, 6.07) is 12.7. The van der Waals surface area contributed by atoms with E-state index in [0.29, 0.717) is 16.0 Å². The number of halogens is 1. The Morgan fingerprint density at radius 1 is 1.19 bits per heavy atom. The number of carbonyl (C=O) groups is 1. The second-order valence-electron chi connectivity index (χ2n) is 7.11. The zero-order valence-electron chi connectivity index (χ0n) is 16.3. The largest absolute Gasteiger partial charge is 0.310 e. The SMILES string of the molecule is O=C(CSc1nc2sc3c(c2c(=O)n1-c1ccccc1)CCC3)Nc1ccc(Cl)cn1. The second kappa shape index (κ2) is 8.45. The van der Waals surface area contributed by atoms with E-state index in [1.807, 2.05) is 30.3 Å². The number of carbonyl (C=O) groups excluding carboxylic acids is 1. The van der Waals surface area contributed by atoms with Crippen molar-refractivity contribution in [3.63, 3.8) is 0 Å². The number of nitrogens with one attached hydrogen (secondary N) is 1. The first-order valence-corrected chi connectivity index (χ1v) is 11.9. The Morgan fingerprint density at radius 2 is 2.03 bits per heavy atom. The maximum atomic E-state index is 13.5. The molecular formula is C22H17ClN4O2S2. The molecule has 9 heteroatoms. The fourth-order valence-corrected chi connectivity index (χ4v) is 5.91. The van der Waals surface area contributed by atoms with E-state index in [1.165, 1.54) is 22.8 Å². The van der Waals surface area contributed by atoms with Gasteiger partial charge in [-0.05, 0) is 49.1 Å². The molecule has 1 aromatic carbocycles. The molecule has 0 saturated heterocycles. The fraction of sp³-hybridized carbons (Fsp3) is 0.182. The topological polar surface area (TPSA) is 76.9 Å². The van der Waals surface area contributed by atoms with E-state index < -0.39 is 0 Å². The Hall–Kier alpha value is -2.68. The minimum atomic E-state index is -0.234. The first-order valence-electron chi connectivity index (χ1n) is 9.77. The van der Waals surface area contributed by atoms with Crippen molar-refractivity contribution in [1.29, 1.82) is 0 Å². The van der Waals surface area contributed by atoms with Crippen molar-refractivity contribution in [3.8, 4) is 5.69 Å². The van der Waals surface area contributed by atoms with Gasteiger partial charge in [-0.25, -0.2) is 9.97 Å². The van der Waals surface area contributed by atoms with E-state index in [0.717, 1.165) is 40.7 Å². The fourth-order valence-electron chi connectivity index (χ4n) is 3.69. The molecule has 0 atom stereocenters. The molecular weight excluding hydrogens is 452 g/mol. The van der Waals surface area contributed by atoms with Crippen LogP contribution in [-0.4, -0.2) is 26.2 Å². The van der Waals surface area contributed by atoms with Crippen molar-refractivity contribution in [2.75, 3.05) is 11.1 Å². The van der Waals surface area contributed by atoms with Gasteiger partial charge in [0.1, 0.15) is 10.6 Å². The molecule has 0 saturated carbocycles. The minimum Gasteiger partial charge on any atom is -0.310 e. The zero-order valence-corrected chi connectivity index (χ0v) is 18.7. The van der Waals surface area contributed by atoms with Crippen LogP contribution in [0.4, 0.5) is 5.82 Å². The van der Waals surface area contributed by atoms with E-state index in [-0.39, 0.29) is 17.2 Å². The summed E-state index contributed by atoms with van der Waals surface area (Å²) in [4.78, 5) is 36.9. The van der Waals surface area contributed by atoms with Gasteiger partial charge in [-0.3, -0.25) is 14.2 Å². The van der Waals surface area contributed by atoms with Crippen LogP contribution < -0.4 is 10.9 Å². The average Bonchev–Trinajstić information content (AvgIpc) is 3.35. The van der Waals surface area contributed by atoms with Crippen molar-refractivity contribution < 1.29 is 4.79 Å². The van der Waals surface area contributed by atoms with Gasteiger partial charge in [0.25, 0.3) is 5.56 Å². The number of thiophene rings is 1. The number of para-hydroxylation sites is 1. The van der Waals surface area contributed by atoms with Crippen LogP contribution in [0.2, 0.25) is 5.02 Å². The van der Waals surface area contributed by atoms with E-state index in [4.69, 9.17) is 16.6 Å². The van der Waals surface area contributed by atoms with Gasteiger partial charge in [-0.15, -0.1) is 11.3 Å². The standard InChI is InChI=1S/C22H17ClN4O2S2/c23-13-9-10-17(24-11-13)25-18(28)12-30-22-26-20-19(15-7-4-8-16(15)31-20)21(29)27(22)14-5-2-1-3-6-14/h1-3,5-6,9-11H,4,7-8,12H2,(H,24,25,28). The second-order valence-corrected chi connectivity index (χ2v) is 9.57. The molecule has 1 amide bonds. The molecule has 156 valence electrons. The van der Waals surface area contributed by atoms with Gasteiger partial charge in [-0.1, -0.05) is 41.6 Å². The summed E-state index contributed by atoms with van der Waals surface area (Å²) >= 11 is 8.67. The minimum absolute atomic E-state index is 0.0714. The number of nitrogens with zero attached hydrogens (tertiary/aromatic N) is 3. The van der Waals surface area contributed by atoms with Gasteiger partial charge in [0.15, 0.2) is 5.16 Å². The van der Waals surface area contributed by atoms with Crippen molar-refractivity contribution in [2.45, 2.75) is 24.4 Å². The number of aromatic nitrogens is 3. The molecule has 0 bridgehead atoms. The van der Waals surface area contributed by atoms with Crippen LogP contribution in [0, 0.1) is 0 Å². The average molecular weight is 469 g/mol. The predicted molar refractivity (Wildman–Crippen MR) is 126 cm³/mol. The number of pyridine rings is 1. The summed E-state index contributed by atoms with van der Waals surface area (Å²) in [6.07, 6.45) is 4.48. The maximum absolute atomic E-state index is 13.5. The molecule has 3 heterocycles. The van der Waals surface area contributed by atoms with Crippen molar-refractivity contribution in [3.05, 3.63) is 74.5 Å². The van der Waals surface area contributed by atoms with Crippen molar-refractivity contribution in [2.24, 2.45) is 0 Å². The van der Waals surface area contributed by atoms with Crippen molar-refractivity contribution in [1.82, 2.24) is 14.5 Å². The maximum Gasteiger partial charge on any atom is 0.267 e. The lowest BCUT2D eigenvalue weighted by Crippen LogP contribution is -2.23. The number of anilines is 1. The van der Waals surface area contributed by atoms with Crippen LogP contribution in [0.5, 0.6) is 0 Å². The highest BCUT2D eigenvalue weighted by atomic mass is 35.5. The first kappa shape index (κ1) is 20.2. The smallest absolute Gasteiger partial charge is 0.267 e. The Morgan fingerprint density at radius 3 is 2.81 bits per heavy atom. The summed E-state index contributed by atoms with van der Waals surface area (Å²) in [5.41, 5.74) is 1.81. The molecule has 6 nitrogen and oxygen atoms in total. The Kier molecular flexibility index (Phi) is 5.52. The number of hydrogen-bond acceptors (Lipinski definition) is 6. The molecule has 3 aromatic heterocycles. The molecule has 31 heavy (non-hydrogen) atoms. The van der Waals surface area contributed by atoms with Crippen LogP contribution in [0.15, 0.2) is 58.6 Å². The number of thioether (sulfide) groups is 1. The number of hydrogen-bond donors (Lipinski definition) is 1. The van der Waals surface area contributed by atoms with E-state index in [9.17, 15) is 9.59 Å². The highest BCUT2D eigenvalue weighted by Crippen LogP contribution is 2.36. The zero-order chi connectivity index (χ0) is 21.4. The lowest BCUT2D eigenvalue weighted by atomic mass is 10.2. The van der Waals surface area contributed by atoms with Crippen LogP contribution >= 0.6 is 34.7 Å². The van der Waals surface area contributed by atoms with Gasteiger partial charge in [0.05, 0.1) is 21.8 Å². The first-order chi connectivity index (χ1) is 15.1. The van der Waals surface area contributed by atoms with E-state index in [1.54, 1.807) is 28.0 Å². The Balaban J connectivity index is 1.49. The number of fused-ring (bicyclic) bond motifs is 3. The molecule has 1 aliphatic rings. The highest BCUT2D eigenvalue weighted by Gasteiger charge is 2.24. The van der Waals surface area contributed by atoms with Gasteiger partial charge in [0, 0.05) is 11.1 Å². The van der Waals surface area contributed by atoms with Crippen molar-refractivity contribution >= 4 is 56.6 Å². The summed E-state index contributed by atoms with van der Waals surface area (Å²) in [7, 11) is 0. The van der Waals surface area contributed by atoms with Crippen LogP contribution in [-0.2, 0) is 17.6 Å². The Labute approximate surface area is 191 Å². The van der Waals surface area contributed by atoms with Gasteiger partial charge >= 0.3 is 0 Å². The molecule has 0 radical (unpaired) electrons. The summed E-state index contributed by atoms with van der Waals surface area (Å²) in [5.74, 6) is 0.288. The van der Waals surface area contributed by atoms with Gasteiger partial charge in [0.2, 0.25) is 5.91 Å². The third kappa shape index (κ3) is 3.98. The quantitative estimate of drug-likeness (QED) is 0.339. The molecule has 0 unspecified atom stereocenters. The third-order valence-electron chi connectivity index (χ3n) is 5.05. The molecule has 0 aliphatic heterocycles. The third-order valence-corrected chi connectivity index (χ3v) is 7.40. The molecule has 1 N–H and O–H groups in total. The molecule has 5 rings (SSSR count). The molecule has 1 aliphatic carbocycles. The molecule has 0 spiro atoms. The van der Waals surface area contributed by atoms with Gasteiger partial charge in [-0.2, -0.15) is 0 Å². The normalized spacial score (nSPS) is 12.8. The van der Waals surface area contributed by atoms with E-state index >= 15 is 0 Å². The van der Waals surface area contributed by atoms with Gasteiger partial charge < -0.3 is 5.32 Å². The molecule has 0 fully saturated rings. The molecule has 4 aromatic rings. The van der Waals surface area contributed by atoms with Crippen LogP contribution in [0.25, 0.3) is 15.9 Å². The predicted octanol–water partition coefficient (Wildman–Crippen LogP) is 4.72. The number of amides is 1. The van der Waals surface area contributed by atoms with E-state index in [2.05, 4.69) is 10.3 Å². The monoisotopic (exact) mass is 468 g/mol. The summed E-state index contributed by atoms with van der Waals surface area (Å²) in [5, 5.41) is 4.46. The van der Waals surface area contributed by atoms with Crippen LogP contribution in [0.1, 0.15) is 16.9 Å². The lowest BCUT2D eigenvalue weighted by Gasteiger charge is -2.12. The Bertz CT molecular complexity index is 1330. The number of aryl methyl sites for hydroxylation is 2. The number of rotatable bonds is 5. The summed E-state index contributed by atoms with van der Waals surface area (Å²) in [6.45, 7) is 0. The van der Waals surface area contributed by atoms with Crippen LogP contribution in [0.3, 0.4) is 0 Å². The highest BCUT2D eigenvalue weighted by molar-refractivity contribution is 7.99. The summed E-state index contributed by atoms with van der Waals surface area (Å²) < 4.78 is 1.62. The number of benzene rings is 1. The lowest BCUT2D eigenvalue weighted by molar-refractivity contribution is -0.113.